The van der Waals surface area contributed by atoms with E-state index in [1.807, 2.05) is 11.8 Å². The van der Waals surface area contributed by atoms with Crippen LogP contribution < -0.4 is 0 Å². The van der Waals surface area contributed by atoms with Crippen molar-refractivity contribution in [3.8, 4) is 0 Å². The number of hydrogen-bond acceptors (Lipinski definition) is 4. The van der Waals surface area contributed by atoms with E-state index in [9.17, 15) is 8.42 Å². The SMILES string of the molecule is O=S1(=O)CCCN(CC2Cc3ccccc3S2)CC1. The molecule has 3 rings (SSSR count). The van der Waals surface area contributed by atoms with Gasteiger partial charge in [-0.1, -0.05) is 18.2 Å². The molecule has 1 unspecified atom stereocenters. The Balaban J connectivity index is 1.59. The molecule has 1 aromatic carbocycles. The van der Waals surface area contributed by atoms with Gasteiger partial charge in [-0.05, 0) is 31.0 Å². The summed E-state index contributed by atoms with van der Waals surface area (Å²) in [6, 6.07) is 8.58. The minimum atomic E-state index is -2.79. The Morgan fingerprint density at radius 3 is 2.89 bits per heavy atom. The van der Waals surface area contributed by atoms with E-state index < -0.39 is 9.84 Å². The Morgan fingerprint density at radius 1 is 1.21 bits per heavy atom. The van der Waals surface area contributed by atoms with Gasteiger partial charge in [-0.25, -0.2) is 8.42 Å². The molecule has 0 saturated carbocycles. The summed E-state index contributed by atoms with van der Waals surface area (Å²) < 4.78 is 23.2. The molecular weight excluding hydrogens is 278 g/mol. The van der Waals surface area contributed by atoms with E-state index in [0.29, 0.717) is 23.3 Å². The highest BCUT2D eigenvalue weighted by atomic mass is 32.2. The zero-order valence-corrected chi connectivity index (χ0v) is 12.5. The molecule has 0 bridgehead atoms. The molecule has 19 heavy (non-hydrogen) atoms. The second-order valence-corrected chi connectivity index (χ2v) is 9.00. The molecular formula is C14H19NO2S2. The molecule has 2 heterocycles. The third-order valence-electron chi connectivity index (χ3n) is 3.82. The molecule has 1 atom stereocenters. The average molecular weight is 297 g/mol. The predicted molar refractivity (Wildman–Crippen MR) is 79.5 cm³/mol. The maximum absolute atomic E-state index is 11.6. The third-order valence-corrected chi connectivity index (χ3v) is 6.84. The molecule has 3 nitrogen and oxygen atoms in total. The number of rotatable bonds is 2. The highest BCUT2D eigenvalue weighted by molar-refractivity contribution is 8.00. The first-order valence-electron chi connectivity index (χ1n) is 6.80. The quantitative estimate of drug-likeness (QED) is 0.834. The Morgan fingerprint density at radius 2 is 2.05 bits per heavy atom. The molecule has 1 saturated heterocycles. The summed E-state index contributed by atoms with van der Waals surface area (Å²) >= 11 is 1.95. The zero-order chi connectivity index (χ0) is 13.3. The number of benzene rings is 1. The van der Waals surface area contributed by atoms with Gasteiger partial charge in [-0.15, -0.1) is 11.8 Å². The van der Waals surface area contributed by atoms with Crippen LogP contribution in [0.2, 0.25) is 0 Å². The van der Waals surface area contributed by atoms with Gasteiger partial charge in [0.25, 0.3) is 0 Å². The number of hydrogen-bond donors (Lipinski definition) is 0. The molecule has 0 N–H and O–H groups in total. The first-order chi connectivity index (χ1) is 9.12. The maximum Gasteiger partial charge on any atom is 0.151 e. The van der Waals surface area contributed by atoms with Crippen LogP contribution in [0.25, 0.3) is 0 Å². The molecule has 0 amide bonds. The van der Waals surface area contributed by atoms with Crippen molar-refractivity contribution in [3.63, 3.8) is 0 Å². The molecule has 0 aromatic heterocycles. The van der Waals surface area contributed by atoms with Crippen molar-refractivity contribution >= 4 is 21.6 Å². The van der Waals surface area contributed by atoms with Crippen LogP contribution in [-0.4, -0.2) is 49.7 Å². The third kappa shape index (κ3) is 3.33. The maximum atomic E-state index is 11.6. The topological polar surface area (TPSA) is 37.4 Å². The molecule has 2 aliphatic rings. The van der Waals surface area contributed by atoms with Gasteiger partial charge in [-0.2, -0.15) is 0 Å². The summed E-state index contributed by atoms with van der Waals surface area (Å²) in [5.74, 6) is 0.693. The van der Waals surface area contributed by atoms with E-state index in [0.717, 1.165) is 25.9 Å². The lowest BCUT2D eigenvalue weighted by Gasteiger charge is -2.22. The van der Waals surface area contributed by atoms with Crippen LogP contribution in [-0.2, 0) is 16.3 Å². The second kappa shape index (κ2) is 5.46. The van der Waals surface area contributed by atoms with Gasteiger partial charge in [0.05, 0.1) is 11.5 Å². The Hall–Kier alpha value is -0.520. The van der Waals surface area contributed by atoms with Crippen LogP contribution in [0, 0.1) is 0 Å². The van der Waals surface area contributed by atoms with E-state index in [-0.39, 0.29) is 0 Å². The Bertz CT molecular complexity index is 531. The van der Waals surface area contributed by atoms with Crippen molar-refractivity contribution in [2.75, 3.05) is 31.1 Å². The molecule has 104 valence electrons. The van der Waals surface area contributed by atoms with Gasteiger partial charge in [0.2, 0.25) is 0 Å². The lowest BCUT2D eigenvalue weighted by atomic mass is 10.1. The zero-order valence-electron chi connectivity index (χ0n) is 10.9. The highest BCUT2D eigenvalue weighted by Crippen LogP contribution is 2.37. The number of thioether (sulfide) groups is 1. The smallest absolute Gasteiger partial charge is 0.151 e. The predicted octanol–water partition coefficient (Wildman–Crippen LogP) is 1.82. The molecule has 5 heteroatoms. The Kier molecular flexibility index (Phi) is 3.87. The van der Waals surface area contributed by atoms with E-state index in [4.69, 9.17) is 0 Å². The average Bonchev–Trinajstić information content (AvgIpc) is 2.69. The number of sulfone groups is 1. The van der Waals surface area contributed by atoms with Gasteiger partial charge in [0.15, 0.2) is 9.84 Å². The number of nitrogens with zero attached hydrogens (tertiary/aromatic N) is 1. The minimum absolute atomic E-state index is 0.331. The van der Waals surface area contributed by atoms with E-state index >= 15 is 0 Å². The molecule has 0 radical (unpaired) electrons. The summed E-state index contributed by atoms with van der Waals surface area (Å²) in [6.07, 6.45) is 1.90. The standard InChI is InChI=1S/C14H19NO2S2/c16-19(17)8-3-6-15(7-9-19)11-13-10-12-4-1-2-5-14(12)18-13/h1-2,4-5,13H,3,6-11H2. The van der Waals surface area contributed by atoms with Crippen molar-refractivity contribution in [3.05, 3.63) is 29.8 Å². The fourth-order valence-electron chi connectivity index (χ4n) is 2.82. The van der Waals surface area contributed by atoms with Crippen LogP contribution in [0.1, 0.15) is 12.0 Å². The van der Waals surface area contributed by atoms with Gasteiger partial charge < -0.3 is 4.90 Å². The largest absolute Gasteiger partial charge is 0.301 e. The summed E-state index contributed by atoms with van der Waals surface area (Å²) in [6.45, 7) is 2.64. The molecule has 0 aliphatic carbocycles. The van der Waals surface area contributed by atoms with Gasteiger partial charge in [-0.3, -0.25) is 0 Å². The lowest BCUT2D eigenvalue weighted by Crippen LogP contribution is -2.33. The summed E-state index contributed by atoms with van der Waals surface area (Å²) in [5.41, 5.74) is 1.44. The summed E-state index contributed by atoms with van der Waals surface area (Å²) in [7, 11) is -2.79. The lowest BCUT2D eigenvalue weighted by molar-refractivity contribution is 0.296. The van der Waals surface area contributed by atoms with Crippen molar-refractivity contribution in [2.45, 2.75) is 23.0 Å². The minimum Gasteiger partial charge on any atom is -0.301 e. The fourth-order valence-corrected chi connectivity index (χ4v) is 5.49. The molecule has 0 spiro atoms. The van der Waals surface area contributed by atoms with Crippen LogP contribution in [0.3, 0.4) is 0 Å². The normalized spacial score (nSPS) is 26.8. The van der Waals surface area contributed by atoms with Gasteiger partial charge >= 0.3 is 0 Å². The van der Waals surface area contributed by atoms with Crippen molar-refractivity contribution in [1.29, 1.82) is 0 Å². The van der Waals surface area contributed by atoms with E-state index in [1.165, 1.54) is 10.5 Å². The van der Waals surface area contributed by atoms with Crippen molar-refractivity contribution in [2.24, 2.45) is 0 Å². The first kappa shape index (κ1) is 13.5. The second-order valence-electron chi connectivity index (χ2n) is 5.36. The van der Waals surface area contributed by atoms with Crippen molar-refractivity contribution in [1.82, 2.24) is 4.90 Å². The Labute approximate surface area is 119 Å². The highest BCUT2D eigenvalue weighted by Gasteiger charge is 2.26. The summed E-state index contributed by atoms with van der Waals surface area (Å²) in [5, 5.41) is 0.582. The van der Waals surface area contributed by atoms with Gasteiger partial charge in [0, 0.05) is 23.2 Å². The number of fused-ring (bicyclic) bond motifs is 1. The van der Waals surface area contributed by atoms with Crippen molar-refractivity contribution < 1.29 is 8.42 Å². The first-order valence-corrected chi connectivity index (χ1v) is 9.50. The van der Waals surface area contributed by atoms with Crippen LogP contribution in [0.5, 0.6) is 0 Å². The molecule has 1 fully saturated rings. The summed E-state index contributed by atoms with van der Waals surface area (Å²) in [4.78, 5) is 3.73. The molecule has 2 aliphatic heterocycles. The van der Waals surface area contributed by atoms with Crippen LogP contribution >= 0.6 is 11.8 Å². The van der Waals surface area contributed by atoms with Crippen LogP contribution in [0.4, 0.5) is 0 Å². The fraction of sp³-hybridized carbons (Fsp3) is 0.571. The van der Waals surface area contributed by atoms with E-state index in [1.54, 1.807) is 0 Å². The monoisotopic (exact) mass is 297 g/mol. The molecule has 1 aromatic rings. The van der Waals surface area contributed by atoms with Gasteiger partial charge in [0.1, 0.15) is 0 Å². The van der Waals surface area contributed by atoms with E-state index in [2.05, 4.69) is 29.2 Å². The van der Waals surface area contributed by atoms with Crippen LogP contribution in [0.15, 0.2) is 29.2 Å².